The smallest absolute Gasteiger partial charge is 0.322 e. The van der Waals surface area contributed by atoms with Crippen molar-refractivity contribution in [2.24, 2.45) is 0 Å². The monoisotopic (exact) mass is 168 g/mol. The molecule has 1 rings (SSSR count). The summed E-state index contributed by atoms with van der Waals surface area (Å²) < 4.78 is 4.85. The Hall–Kier alpha value is -0.643. The van der Waals surface area contributed by atoms with Crippen LogP contribution in [0.3, 0.4) is 0 Å². The Morgan fingerprint density at radius 1 is 1.36 bits per heavy atom. The average molecular weight is 168 g/mol. The summed E-state index contributed by atoms with van der Waals surface area (Å²) in [6.45, 7) is 0. The molecule has 3 heteroatoms. The highest BCUT2D eigenvalue weighted by atomic mass is 28.3. The molecule has 0 saturated heterocycles. The van der Waals surface area contributed by atoms with Gasteiger partial charge in [-0.15, -0.1) is 0 Å². The minimum absolute atomic E-state index is 0.692. The lowest BCUT2D eigenvalue weighted by Crippen LogP contribution is -2.18. The van der Waals surface area contributed by atoms with Crippen LogP contribution in [0.1, 0.15) is 5.56 Å². The molecule has 1 atom stereocenters. The van der Waals surface area contributed by atoms with E-state index in [4.69, 9.17) is 4.43 Å². The summed E-state index contributed by atoms with van der Waals surface area (Å²) in [6.07, 6.45) is 0. The van der Waals surface area contributed by atoms with E-state index in [0.717, 1.165) is 5.56 Å². The van der Waals surface area contributed by atoms with Crippen LogP contribution in [0.15, 0.2) is 30.3 Å². The van der Waals surface area contributed by atoms with Crippen LogP contribution in [0.2, 0.25) is 0 Å². The van der Waals surface area contributed by atoms with Crippen LogP contribution in [0.5, 0.6) is 0 Å². The molecule has 0 heterocycles. The minimum Gasteiger partial charge on any atom is -0.413 e. The number of hydrogen-bond donors (Lipinski definition) is 1. The Morgan fingerprint density at radius 3 is 2.55 bits per heavy atom. The lowest BCUT2D eigenvalue weighted by molar-refractivity contribution is 0.325. The van der Waals surface area contributed by atoms with Crippen molar-refractivity contribution in [2.45, 2.75) is 6.04 Å². The number of hydrogen-bond acceptors (Lipinski definition) is 2. The first-order valence-corrected chi connectivity index (χ1v) is 5.38. The first-order chi connectivity index (χ1) is 5.33. The molecule has 0 saturated carbocycles. The second-order valence-corrected chi connectivity index (χ2v) is 4.17. The quantitative estimate of drug-likeness (QED) is 0.671. The number of benzene rings is 1. The van der Waals surface area contributed by atoms with Crippen molar-refractivity contribution in [2.75, 3.05) is 7.11 Å². The number of rotatable bonds is 3. The van der Waals surface area contributed by atoms with E-state index in [0.29, 0.717) is 6.04 Å². The van der Waals surface area contributed by atoms with Gasteiger partial charge in [0, 0.05) is 13.2 Å². The molecule has 1 N–H and O–H groups in total. The maximum atomic E-state index is 9.23. The van der Waals surface area contributed by atoms with Gasteiger partial charge in [-0.25, -0.2) is 0 Å². The van der Waals surface area contributed by atoms with Gasteiger partial charge in [-0.05, 0) is 5.56 Å². The fraction of sp³-hybridized carbons (Fsp3) is 0.250. The van der Waals surface area contributed by atoms with Gasteiger partial charge in [-0.2, -0.15) is 0 Å². The largest absolute Gasteiger partial charge is 0.413 e. The Kier molecular flexibility index (Phi) is 3.29. The molecule has 0 bridgehead atoms. The van der Waals surface area contributed by atoms with Crippen LogP contribution in [-0.4, -0.2) is 21.2 Å². The standard InChI is InChI=1S/C8H12O2Si/c1-10-11(9)7-8-5-3-2-4-6-8/h2-6,9,11H,7H2,1H3. The van der Waals surface area contributed by atoms with Crippen molar-refractivity contribution in [3.63, 3.8) is 0 Å². The fourth-order valence-corrected chi connectivity index (χ4v) is 1.74. The molecule has 11 heavy (non-hydrogen) atoms. The first kappa shape index (κ1) is 8.45. The second kappa shape index (κ2) is 4.28. The molecule has 1 aromatic carbocycles. The van der Waals surface area contributed by atoms with Gasteiger partial charge < -0.3 is 9.22 Å². The third-order valence-electron chi connectivity index (χ3n) is 1.53. The van der Waals surface area contributed by atoms with Gasteiger partial charge in [-0.1, -0.05) is 30.3 Å². The van der Waals surface area contributed by atoms with Crippen molar-refractivity contribution in [3.8, 4) is 0 Å². The predicted octanol–water partition coefficient (Wildman–Crippen LogP) is 0.627. The summed E-state index contributed by atoms with van der Waals surface area (Å²) in [5.41, 5.74) is 1.15. The highest BCUT2D eigenvalue weighted by Gasteiger charge is 2.05. The zero-order valence-corrected chi connectivity index (χ0v) is 7.68. The minimum atomic E-state index is -1.91. The average Bonchev–Trinajstić information content (AvgIpc) is 2.06. The molecule has 0 aliphatic rings. The molecule has 60 valence electrons. The molecular formula is C8H12O2Si. The van der Waals surface area contributed by atoms with Gasteiger partial charge in [0.25, 0.3) is 0 Å². The van der Waals surface area contributed by atoms with Crippen molar-refractivity contribution < 1.29 is 9.22 Å². The summed E-state index contributed by atoms with van der Waals surface area (Å²) >= 11 is 0. The Bertz CT molecular complexity index is 201. The van der Waals surface area contributed by atoms with Crippen LogP contribution >= 0.6 is 0 Å². The molecule has 1 unspecified atom stereocenters. The molecule has 0 amide bonds. The van der Waals surface area contributed by atoms with Crippen LogP contribution in [0, 0.1) is 0 Å². The SMILES string of the molecule is CO[SiH](O)Cc1ccccc1. The van der Waals surface area contributed by atoms with E-state index in [2.05, 4.69) is 0 Å². The van der Waals surface area contributed by atoms with Gasteiger partial charge in [-0.3, -0.25) is 0 Å². The van der Waals surface area contributed by atoms with Crippen molar-refractivity contribution >= 4 is 9.28 Å². The van der Waals surface area contributed by atoms with Gasteiger partial charge in [0.2, 0.25) is 0 Å². The second-order valence-electron chi connectivity index (χ2n) is 2.38. The van der Waals surface area contributed by atoms with E-state index in [1.54, 1.807) is 7.11 Å². The van der Waals surface area contributed by atoms with Crippen LogP contribution in [0.25, 0.3) is 0 Å². The molecule has 1 aromatic rings. The van der Waals surface area contributed by atoms with E-state index in [1.807, 2.05) is 30.3 Å². The van der Waals surface area contributed by atoms with E-state index < -0.39 is 9.28 Å². The highest BCUT2D eigenvalue weighted by Crippen LogP contribution is 2.00. The Labute approximate surface area is 68.3 Å². The topological polar surface area (TPSA) is 29.5 Å². The highest BCUT2D eigenvalue weighted by molar-refractivity contribution is 6.42. The maximum absolute atomic E-state index is 9.23. The summed E-state index contributed by atoms with van der Waals surface area (Å²) in [5.74, 6) is 0. The molecule has 0 aliphatic carbocycles. The van der Waals surface area contributed by atoms with E-state index in [1.165, 1.54) is 0 Å². The van der Waals surface area contributed by atoms with Crippen LogP contribution < -0.4 is 0 Å². The molecule has 0 aromatic heterocycles. The van der Waals surface area contributed by atoms with Crippen LogP contribution in [0.4, 0.5) is 0 Å². The van der Waals surface area contributed by atoms with Crippen molar-refractivity contribution in [3.05, 3.63) is 35.9 Å². The lowest BCUT2D eigenvalue weighted by atomic mass is 10.2. The lowest BCUT2D eigenvalue weighted by Gasteiger charge is -2.04. The van der Waals surface area contributed by atoms with Crippen molar-refractivity contribution in [1.29, 1.82) is 0 Å². The van der Waals surface area contributed by atoms with Crippen molar-refractivity contribution in [1.82, 2.24) is 0 Å². The maximum Gasteiger partial charge on any atom is 0.322 e. The third-order valence-corrected chi connectivity index (χ3v) is 2.89. The zero-order valence-electron chi connectivity index (χ0n) is 6.53. The van der Waals surface area contributed by atoms with Gasteiger partial charge in [0.1, 0.15) is 0 Å². The summed E-state index contributed by atoms with van der Waals surface area (Å²) in [6, 6.07) is 10.6. The van der Waals surface area contributed by atoms with Gasteiger partial charge in [0.05, 0.1) is 0 Å². The van der Waals surface area contributed by atoms with E-state index in [9.17, 15) is 4.80 Å². The molecular weight excluding hydrogens is 156 g/mol. The Balaban J connectivity index is 2.51. The van der Waals surface area contributed by atoms with E-state index >= 15 is 0 Å². The summed E-state index contributed by atoms with van der Waals surface area (Å²) in [5, 5.41) is 0. The summed E-state index contributed by atoms with van der Waals surface area (Å²) in [7, 11) is -0.353. The zero-order chi connectivity index (χ0) is 8.10. The predicted molar refractivity (Wildman–Crippen MR) is 46.5 cm³/mol. The van der Waals surface area contributed by atoms with E-state index in [-0.39, 0.29) is 0 Å². The molecule has 0 aliphatic heterocycles. The first-order valence-electron chi connectivity index (χ1n) is 3.57. The Morgan fingerprint density at radius 2 is 2.00 bits per heavy atom. The fourth-order valence-electron chi connectivity index (χ4n) is 0.899. The normalized spacial score (nSPS) is 12.9. The molecule has 2 nitrogen and oxygen atoms in total. The van der Waals surface area contributed by atoms with Gasteiger partial charge in [0.15, 0.2) is 0 Å². The molecule has 0 fully saturated rings. The molecule has 0 radical (unpaired) electrons. The van der Waals surface area contributed by atoms with Crippen LogP contribution in [-0.2, 0) is 10.5 Å². The summed E-state index contributed by atoms with van der Waals surface area (Å²) in [4.78, 5) is 9.23. The molecule has 0 spiro atoms. The van der Waals surface area contributed by atoms with Gasteiger partial charge >= 0.3 is 9.28 Å². The third kappa shape index (κ3) is 2.84.